The van der Waals surface area contributed by atoms with Crippen LogP contribution in [0.25, 0.3) is 16.9 Å². The molecule has 1 N–H and O–H groups in total. The summed E-state index contributed by atoms with van der Waals surface area (Å²) in [5.41, 5.74) is 4.63. The van der Waals surface area contributed by atoms with E-state index in [2.05, 4.69) is 51.0 Å². The number of amides is 2. The third-order valence-corrected chi connectivity index (χ3v) is 6.25. The van der Waals surface area contributed by atoms with E-state index in [1.807, 2.05) is 29.2 Å². The first-order valence-electron chi connectivity index (χ1n) is 11.0. The molecule has 3 heterocycles. The molecule has 2 aromatic heterocycles. The highest BCUT2D eigenvalue weighted by atomic mass is 35.5. The van der Waals surface area contributed by atoms with E-state index in [1.165, 1.54) is 5.56 Å². The summed E-state index contributed by atoms with van der Waals surface area (Å²) in [5.74, 6) is 0.946. The number of piperazine rings is 1. The van der Waals surface area contributed by atoms with Crippen molar-refractivity contribution in [2.75, 3.05) is 31.5 Å². The minimum Gasteiger partial charge on any atom is -0.322 e. The van der Waals surface area contributed by atoms with E-state index in [1.54, 1.807) is 18.3 Å². The third kappa shape index (κ3) is 4.55. The third-order valence-electron chi connectivity index (χ3n) is 5.92. The summed E-state index contributed by atoms with van der Waals surface area (Å²) < 4.78 is 2.13. The van der Waals surface area contributed by atoms with Crippen molar-refractivity contribution in [1.82, 2.24) is 24.3 Å². The largest absolute Gasteiger partial charge is 0.322 e. The minimum atomic E-state index is -0.126. The Morgan fingerprint density at radius 3 is 2.52 bits per heavy atom. The average molecular weight is 461 g/mol. The van der Waals surface area contributed by atoms with E-state index in [0.717, 1.165) is 35.8 Å². The van der Waals surface area contributed by atoms with E-state index in [0.29, 0.717) is 30.3 Å². The van der Waals surface area contributed by atoms with Crippen LogP contribution in [-0.4, -0.2) is 56.5 Å². The van der Waals surface area contributed by atoms with E-state index in [9.17, 15) is 4.79 Å². The first-order chi connectivity index (χ1) is 16.1. The van der Waals surface area contributed by atoms with Gasteiger partial charge in [-0.2, -0.15) is 0 Å². The summed E-state index contributed by atoms with van der Waals surface area (Å²) in [7, 11) is 0. The molecule has 1 aliphatic rings. The number of imidazole rings is 1. The quantitative estimate of drug-likeness (QED) is 0.478. The van der Waals surface area contributed by atoms with Crippen LogP contribution in [0, 0.1) is 6.92 Å². The van der Waals surface area contributed by atoms with Gasteiger partial charge in [-0.1, -0.05) is 41.4 Å². The SMILES string of the molecule is Cc1ccc(-n2c(CN3CCN(C(=O)Nc4ccccc4Cl)CC3)nc3cccnc32)cc1. The molecular weight excluding hydrogens is 436 g/mol. The van der Waals surface area contributed by atoms with Crippen LogP contribution in [0.3, 0.4) is 0 Å². The summed E-state index contributed by atoms with van der Waals surface area (Å²) in [6.45, 7) is 5.57. The van der Waals surface area contributed by atoms with Crippen LogP contribution >= 0.6 is 11.6 Å². The topological polar surface area (TPSA) is 66.3 Å². The van der Waals surface area contributed by atoms with Crippen molar-refractivity contribution in [3.63, 3.8) is 0 Å². The van der Waals surface area contributed by atoms with Crippen LogP contribution in [0.1, 0.15) is 11.4 Å². The number of pyridine rings is 1. The number of hydrogen-bond donors (Lipinski definition) is 1. The van der Waals surface area contributed by atoms with Crippen LogP contribution in [-0.2, 0) is 6.54 Å². The van der Waals surface area contributed by atoms with Gasteiger partial charge in [0.1, 0.15) is 11.3 Å². The lowest BCUT2D eigenvalue weighted by molar-refractivity contribution is 0.140. The predicted octanol–water partition coefficient (Wildman–Crippen LogP) is 4.73. The smallest absolute Gasteiger partial charge is 0.321 e. The number of carbonyl (C=O) groups excluding carboxylic acids is 1. The Labute approximate surface area is 197 Å². The van der Waals surface area contributed by atoms with Gasteiger partial charge in [0.2, 0.25) is 0 Å². The number of para-hydroxylation sites is 1. The molecule has 2 amide bonds. The Morgan fingerprint density at radius 1 is 1.00 bits per heavy atom. The molecule has 2 aromatic carbocycles. The molecule has 0 saturated carbocycles. The van der Waals surface area contributed by atoms with Crippen molar-refractivity contribution < 1.29 is 4.79 Å². The van der Waals surface area contributed by atoms with E-state index >= 15 is 0 Å². The fourth-order valence-corrected chi connectivity index (χ4v) is 4.28. The zero-order chi connectivity index (χ0) is 22.8. The van der Waals surface area contributed by atoms with Gasteiger partial charge in [0.25, 0.3) is 0 Å². The summed E-state index contributed by atoms with van der Waals surface area (Å²) in [6.07, 6.45) is 1.80. The highest BCUT2D eigenvalue weighted by Crippen LogP contribution is 2.23. The molecule has 0 radical (unpaired) electrons. The molecule has 0 atom stereocenters. The van der Waals surface area contributed by atoms with Gasteiger partial charge in [0, 0.05) is 38.1 Å². The summed E-state index contributed by atoms with van der Waals surface area (Å²) in [6, 6.07) is 19.5. The standard InChI is InChI=1S/C25H25ClN6O/c1-18-8-10-19(11-9-18)32-23(28-22-7-4-12-27-24(22)32)17-30-13-15-31(16-14-30)25(33)29-21-6-3-2-5-20(21)26/h2-12H,13-17H2,1H3,(H,29,33). The number of fused-ring (bicyclic) bond motifs is 1. The molecule has 5 rings (SSSR count). The first-order valence-corrected chi connectivity index (χ1v) is 11.4. The van der Waals surface area contributed by atoms with Crippen LogP contribution in [0.2, 0.25) is 5.02 Å². The Morgan fingerprint density at radius 2 is 1.76 bits per heavy atom. The van der Waals surface area contributed by atoms with Crippen LogP contribution in [0.15, 0.2) is 66.9 Å². The number of anilines is 1. The number of aromatic nitrogens is 3. The number of aryl methyl sites for hydroxylation is 1. The first kappa shape index (κ1) is 21.4. The molecule has 0 spiro atoms. The number of urea groups is 1. The molecule has 4 aromatic rings. The molecule has 1 aliphatic heterocycles. The maximum atomic E-state index is 12.7. The predicted molar refractivity (Wildman–Crippen MR) is 131 cm³/mol. The van der Waals surface area contributed by atoms with Crippen LogP contribution < -0.4 is 5.32 Å². The fraction of sp³-hybridized carbons (Fsp3) is 0.240. The van der Waals surface area contributed by atoms with Gasteiger partial charge in [-0.05, 0) is 43.3 Å². The van der Waals surface area contributed by atoms with Crippen molar-refractivity contribution in [1.29, 1.82) is 0 Å². The van der Waals surface area contributed by atoms with Gasteiger partial charge in [0.05, 0.1) is 17.3 Å². The van der Waals surface area contributed by atoms with E-state index in [4.69, 9.17) is 16.6 Å². The molecule has 7 nitrogen and oxygen atoms in total. The minimum absolute atomic E-state index is 0.126. The molecule has 33 heavy (non-hydrogen) atoms. The summed E-state index contributed by atoms with van der Waals surface area (Å²) in [5, 5.41) is 3.44. The number of benzene rings is 2. The van der Waals surface area contributed by atoms with Crippen LogP contribution in [0.5, 0.6) is 0 Å². The molecular formula is C25H25ClN6O. The van der Waals surface area contributed by atoms with Crippen molar-refractivity contribution in [2.24, 2.45) is 0 Å². The van der Waals surface area contributed by atoms with Crippen molar-refractivity contribution in [2.45, 2.75) is 13.5 Å². The molecule has 1 fully saturated rings. The lowest BCUT2D eigenvalue weighted by Gasteiger charge is -2.34. The molecule has 1 saturated heterocycles. The maximum Gasteiger partial charge on any atom is 0.321 e. The number of halogens is 1. The highest BCUT2D eigenvalue weighted by Gasteiger charge is 2.24. The van der Waals surface area contributed by atoms with Crippen LogP contribution in [0.4, 0.5) is 10.5 Å². The zero-order valence-electron chi connectivity index (χ0n) is 18.4. The van der Waals surface area contributed by atoms with Crippen molar-refractivity contribution in [3.05, 3.63) is 83.3 Å². The number of nitrogens with one attached hydrogen (secondary N) is 1. The molecule has 0 unspecified atom stereocenters. The van der Waals surface area contributed by atoms with Crippen molar-refractivity contribution >= 4 is 34.5 Å². The highest BCUT2D eigenvalue weighted by molar-refractivity contribution is 6.33. The Balaban J connectivity index is 1.30. The van der Waals surface area contributed by atoms with Gasteiger partial charge < -0.3 is 10.2 Å². The lowest BCUT2D eigenvalue weighted by atomic mass is 10.2. The molecule has 0 bridgehead atoms. The second kappa shape index (κ2) is 9.21. The molecule has 168 valence electrons. The number of nitrogens with zero attached hydrogens (tertiary/aromatic N) is 5. The van der Waals surface area contributed by atoms with Crippen molar-refractivity contribution in [3.8, 4) is 5.69 Å². The zero-order valence-corrected chi connectivity index (χ0v) is 19.2. The summed E-state index contributed by atoms with van der Waals surface area (Å²) >= 11 is 6.17. The van der Waals surface area contributed by atoms with Gasteiger partial charge in [-0.3, -0.25) is 9.47 Å². The molecule has 0 aliphatic carbocycles. The Kier molecular flexibility index (Phi) is 5.98. The van der Waals surface area contributed by atoms with E-state index < -0.39 is 0 Å². The molecule has 8 heteroatoms. The van der Waals surface area contributed by atoms with Gasteiger partial charge in [0.15, 0.2) is 5.65 Å². The Bertz CT molecular complexity index is 1280. The normalized spacial score (nSPS) is 14.5. The number of carbonyl (C=O) groups is 1. The second-order valence-electron chi connectivity index (χ2n) is 8.22. The summed E-state index contributed by atoms with van der Waals surface area (Å²) in [4.78, 5) is 26.3. The Hall–Kier alpha value is -3.42. The number of rotatable bonds is 4. The van der Waals surface area contributed by atoms with Gasteiger partial charge in [-0.15, -0.1) is 0 Å². The number of hydrogen-bond acceptors (Lipinski definition) is 4. The second-order valence-corrected chi connectivity index (χ2v) is 8.63. The monoisotopic (exact) mass is 460 g/mol. The van der Waals surface area contributed by atoms with E-state index in [-0.39, 0.29) is 6.03 Å². The maximum absolute atomic E-state index is 12.7. The fourth-order valence-electron chi connectivity index (χ4n) is 4.10. The van der Waals surface area contributed by atoms with Gasteiger partial charge >= 0.3 is 6.03 Å². The average Bonchev–Trinajstić information content (AvgIpc) is 3.19. The van der Waals surface area contributed by atoms with Gasteiger partial charge in [-0.25, -0.2) is 14.8 Å². The lowest BCUT2D eigenvalue weighted by Crippen LogP contribution is -2.49.